The second-order valence-electron chi connectivity index (χ2n) is 5.06. The van der Waals surface area contributed by atoms with Crippen molar-refractivity contribution in [3.63, 3.8) is 0 Å². The van der Waals surface area contributed by atoms with Crippen LogP contribution in [0.25, 0.3) is 0 Å². The summed E-state index contributed by atoms with van der Waals surface area (Å²) in [5.74, 6) is 0.217. The molecular weight excluding hydrogens is 294 g/mol. The molecule has 0 unspecified atom stereocenters. The van der Waals surface area contributed by atoms with Crippen molar-refractivity contribution >= 4 is 15.7 Å². The van der Waals surface area contributed by atoms with Crippen molar-refractivity contribution in [1.29, 1.82) is 0 Å². The quantitative estimate of drug-likeness (QED) is 0.759. The highest BCUT2D eigenvalue weighted by molar-refractivity contribution is 7.90. The van der Waals surface area contributed by atoms with Crippen LogP contribution >= 0.6 is 0 Å². The molecule has 2 rings (SSSR count). The Morgan fingerprint density at radius 3 is 2.29 bits per heavy atom. The van der Waals surface area contributed by atoms with E-state index in [1.165, 1.54) is 12.4 Å². The van der Waals surface area contributed by atoms with Gasteiger partial charge in [-0.25, -0.2) is 18.4 Å². The molecule has 1 aromatic rings. The van der Waals surface area contributed by atoms with Crippen molar-refractivity contribution in [3.8, 4) is 5.75 Å². The zero-order chi connectivity index (χ0) is 15.3. The first kappa shape index (κ1) is 15.7. The Bertz CT molecular complexity index is 578. The Hall–Kier alpha value is -1.70. The fourth-order valence-electron chi connectivity index (χ4n) is 2.13. The van der Waals surface area contributed by atoms with Crippen LogP contribution in [0.4, 0.5) is 0 Å². The van der Waals surface area contributed by atoms with Gasteiger partial charge in [0.2, 0.25) is 15.0 Å². The van der Waals surface area contributed by atoms with Gasteiger partial charge in [-0.05, 0) is 12.8 Å². The van der Waals surface area contributed by atoms with E-state index < -0.39 is 9.84 Å². The summed E-state index contributed by atoms with van der Waals surface area (Å²) >= 11 is 0. The monoisotopic (exact) mass is 313 g/mol. The Kier molecular flexibility index (Phi) is 5.11. The number of sulfone groups is 1. The summed E-state index contributed by atoms with van der Waals surface area (Å²) in [6.07, 6.45) is 7.93. The van der Waals surface area contributed by atoms with Crippen LogP contribution in [-0.4, -0.2) is 55.1 Å². The molecule has 1 fully saturated rings. The van der Waals surface area contributed by atoms with Gasteiger partial charge >= 0.3 is 0 Å². The first-order valence-corrected chi connectivity index (χ1v) is 8.78. The third-order valence-electron chi connectivity index (χ3n) is 3.26. The summed E-state index contributed by atoms with van der Waals surface area (Å²) in [6.45, 7) is 1.46. The summed E-state index contributed by atoms with van der Waals surface area (Å²) in [4.78, 5) is 21.2. The second kappa shape index (κ2) is 6.84. The number of ether oxygens (including phenoxy) is 1. The van der Waals surface area contributed by atoms with Gasteiger partial charge in [-0.3, -0.25) is 4.79 Å². The first-order valence-electron chi connectivity index (χ1n) is 6.89. The lowest BCUT2D eigenvalue weighted by atomic mass is 10.2. The molecule has 1 saturated heterocycles. The molecule has 0 atom stereocenters. The Labute approximate surface area is 124 Å². The molecule has 0 spiro atoms. The minimum atomic E-state index is -3.42. The molecule has 0 aliphatic carbocycles. The van der Waals surface area contributed by atoms with Gasteiger partial charge in [0.15, 0.2) is 12.4 Å². The minimum Gasteiger partial charge on any atom is -0.481 e. The van der Waals surface area contributed by atoms with E-state index in [0.717, 1.165) is 45.0 Å². The normalized spacial score (nSPS) is 16.3. The fourth-order valence-corrected chi connectivity index (χ4v) is 2.62. The maximum atomic E-state index is 12.0. The smallest absolute Gasteiger partial charge is 0.260 e. The second-order valence-corrected chi connectivity index (χ2v) is 6.97. The van der Waals surface area contributed by atoms with E-state index in [2.05, 4.69) is 9.97 Å². The molecule has 1 aliphatic rings. The zero-order valence-corrected chi connectivity index (χ0v) is 12.8. The molecule has 8 heteroatoms. The molecule has 2 heterocycles. The van der Waals surface area contributed by atoms with Crippen LogP contribution in [0, 0.1) is 0 Å². The van der Waals surface area contributed by atoms with Crippen molar-refractivity contribution in [2.24, 2.45) is 0 Å². The van der Waals surface area contributed by atoms with E-state index >= 15 is 0 Å². The number of aromatic nitrogens is 2. The minimum absolute atomic E-state index is 0.0657. The summed E-state index contributed by atoms with van der Waals surface area (Å²) in [6, 6.07) is 0. The molecule has 1 amide bonds. The van der Waals surface area contributed by atoms with Crippen molar-refractivity contribution in [2.45, 2.75) is 30.8 Å². The molecule has 0 N–H and O–H groups in total. The molecule has 0 bridgehead atoms. The van der Waals surface area contributed by atoms with Crippen LogP contribution in [0.3, 0.4) is 0 Å². The molecule has 116 valence electrons. The van der Waals surface area contributed by atoms with Gasteiger partial charge in [-0.1, -0.05) is 12.8 Å². The predicted molar refractivity (Wildman–Crippen MR) is 75.7 cm³/mol. The predicted octanol–water partition coefficient (Wildman–Crippen LogP) is 0.661. The standard InChI is InChI=1S/C13H19N3O4S/c1-21(18,19)13-14-8-11(9-15-13)20-10-12(17)16-6-4-2-3-5-7-16/h8-9H,2-7,10H2,1H3. The maximum absolute atomic E-state index is 12.0. The van der Waals surface area contributed by atoms with Gasteiger partial charge < -0.3 is 9.64 Å². The van der Waals surface area contributed by atoms with Crippen molar-refractivity contribution in [3.05, 3.63) is 12.4 Å². The Balaban J connectivity index is 1.89. The largest absolute Gasteiger partial charge is 0.481 e. The lowest BCUT2D eigenvalue weighted by Gasteiger charge is -2.20. The number of amides is 1. The molecule has 0 aromatic carbocycles. The van der Waals surface area contributed by atoms with Gasteiger partial charge in [0.05, 0.1) is 12.4 Å². The highest BCUT2D eigenvalue weighted by atomic mass is 32.2. The highest BCUT2D eigenvalue weighted by Crippen LogP contribution is 2.12. The average molecular weight is 313 g/mol. The number of carbonyl (C=O) groups is 1. The molecular formula is C13H19N3O4S. The van der Waals surface area contributed by atoms with Gasteiger partial charge in [0.25, 0.3) is 5.91 Å². The average Bonchev–Trinajstić information content (AvgIpc) is 2.73. The molecule has 1 aliphatic heterocycles. The number of hydrogen-bond acceptors (Lipinski definition) is 6. The van der Waals surface area contributed by atoms with E-state index in [1.54, 1.807) is 4.90 Å². The summed E-state index contributed by atoms with van der Waals surface area (Å²) < 4.78 is 27.8. The van der Waals surface area contributed by atoms with Gasteiger partial charge in [-0.15, -0.1) is 0 Å². The van der Waals surface area contributed by atoms with E-state index in [1.807, 2.05) is 0 Å². The van der Waals surface area contributed by atoms with Crippen LogP contribution in [0.5, 0.6) is 5.75 Å². The van der Waals surface area contributed by atoms with Crippen molar-refractivity contribution in [1.82, 2.24) is 14.9 Å². The van der Waals surface area contributed by atoms with Crippen LogP contribution < -0.4 is 4.74 Å². The Morgan fingerprint density at radius 1 is 1.19 bits per heavy atom. The van der Waals surface area contributed by atoms with Crippen LogP contribution in [0.1, 0.15) is 25.7 Å². The highest BCUT2D eigenvalue weighted by Gasteiger charge is 2.16. The number of hydrogen-bond donors (Lipinski definition) is 0. The van der Waals surface area contributed by atoms with E-state index in [9.17, 15) is 13.2 Å². The number of nitrogens with zero attached hydrogens (tertiary/aromatic N) is 3. The molecule has 1 aromatic heterocycles. The summed E-state index contributed by atoms with van der Waals surface area (Å²) in [5, 5.41) is -0.256. The lowest BCUT2D eigenvalue weighted by Crippen LogP contribution is -2.35. The van der Waals surface area contributed by atoms with E-state index in [-0.39, 0.29) is 23.4 Å². The number of carbonyl (C=O) groups excluding carboxylic acids is 1. The van der Waals surface area contributed by atoms with Crippen LogP contribution in [0.15, 0.2) is 17.6 Å². The zero-order valence-electron chi connectivity index (χ0n) is 12.0. The van der Waals surface area contributed by atoms with Gasteiger partial charge in [-0.2, -0.15) is 0 Å². The fraction of sp³-hybridized carbons (Fsp3) is 0.615. The molecule has 0 radical (unpaired) electrons. The van der Waals surface area contributed by atoms with Crippen LogP contribution in [0.2, 0.25) is 0 Å². The molecule has 0 saturated carbocycles. The third-order valence-corrected chi connectivity index (χ3v) is 4.13. The van der Waals surface area contributed by atoms with Crippen molar-refractivity contribution in [2.75, 3.05) is 26.0 Å². The van der Waals surface area contributed by atoms with Gasteiger partial charge in [0.1, 0.15) is 0 Å². The van der Waals surface area contributed by atoms with E-state index in [0.29, 0.717) is 0 Å². The van der Waals surface area contributed by atoms with Gasteiger partial charge in [0, 0.05) is 19.3 Å². The molecule has 21 heavy (non-hydrogen) atoms. The Morgan fingerprint density at radius 2 is 1.76 bits per heavy atom. The van der Waals surface area contributed by atoms with E-state index in [4.69, 9.17) is 4.74 Å². The topological polar surface area (TPSA) is 89.5 Å². The van der Waals surface area contributed by atoms with Crippen LogP contribution in [-0.2, 0) is 14.6 Å². The summed E-state index contributed by atoms with van der Waals surface area (Å²) in [7, 11) is -3.42. The lowest BCUT2D eigenvalue weighted by molar-refractivity contribution is -0.133. The first-order chi connectivity index (χ1) is 9.97. The number of rotatable bonds is 4. The summed E-state index contributed by atoms with van der Waals surface area (Å²) in [5.41, 5.74) is 0. The third kappa shape index (κ3) is 4.66. The van der Waals surface area contributed by atoms with Crippen molar-refractivity contribution < 1.29 is 17.9 Å². The maximum Gasteiger partial charge on any atom is 0.260 e. The number of likely N-dealkylation sites (tertiary alicyclic amines) is 1. The SMILES string of the molecule is CS(=O)(=O)c1ncc(OCC(=O)N2CCCCCC2)cn1. The molecule has 7 nitrogen and oxygen atoms in total.